The van der Waals surface area contributed by atoms with Crippen LogP contribution in [0.3, 0.4) is 0 Å². The topological polar surface area (TPSA) is 84.2 Å². The molecule has 25 heavy (non-hydrogen) atoms. The summed E-state index contributed by atoms with van der Waals surface area (Å²) in [5, 5.41) is 5.58. The molecule has 2 rings (SSSR count). The number of nitrogens with two attached hydrogens (primary N) is 1. The molecule has 4 N–H and O–H groups in total. The molecule has 134 valence electrons. The van der Waals surface area contributed by atoms with Gasteiger partial charge < -0.3 is 16.4 Å². The van der Waals surface area contributed by atoms with Crippen LogP contribution in [0.2, 0.25) is 0 Å². The van der Waals surface area contributed by atoms with Gasteiger partial charge in [-0.05, 0) is 36.8 Å². The van der Waals surface area contributed by atoms with Gasteiger partial charge >= 0.3 is 0 Å². The number of anilines is 2. The first-order valence-electron chi connectivity index (χ1n) is 7.91. The van der Waals surface area contributed by atoms with Gasteiger partial charge in [-0.2, -0.15) is 0 Å². The van der Waals surface area contributed by atoms with Gasteiger partial charge in [0.15, 0.2) is 0 Å². The molecular formula is C19H24ClN3O2. The number of hydrogen-bond donors (Lipinski definition) is 3. The van der Waals surface area contributed by atoms with Crippen molar-refractivity contribution in [3.63, 3.8) is 0 Å². The molecule has 0 aliphatic rings. The van der Waals surface area contributed by atoms with E-state index < -0.39 is 6.04 Å². The molecule has 1 unspecified atom stereocenters. The lowest BCUT2D eigenvalue weighted by Crippen LogP contribution is -2.27. The summed E-state index contributed by atoms with van der Waals surface area (Å²) in [6.07, 6.45) is 0. The second-order valence-corrected chi connectivity index (χ2v) is 6.10. The SMILES string of the molecule is Cc1ccc(C(N)C(=O)Nc2ccc(NC(=O)C(C)C)cc2)cc1.Cl. The van der Waals surface area contributed by atoms with Gasteiger partial charge in [-0.25, -0.2) is 0 Å². The Morgan fingerprint density at radius 2 is 1.28 bits per heavy atom. The van der Waals surface area contributed by atoms with Crippen molar-refractivity contribution in [2.24, 2.45) is 11.7 Å². The number of hydrogen-bond acceptors (Lipinski definition) is 3. The van der Waals surface area contributed by atoms with Gasteiger partial charge in [-0.3, -0.25) is 9.59 Å². The van der Waals surface area contributed by atoms with Crippen molar-refractivity contribution >= 4 is 35.6 Å². The molecular weight excluding hydrogens is 338 g/mol. The fraction of sp³-hybridized carbons (Fsp3) is 0.263. The van der Waals surface area contributed by atoms with Crippen molar-refractivity contribution in [1.82, 2.24) is 0 Å². The summed E-state index contributed by atoms with van der Waals surface area (Å²) in [5.41, 5.74) is 9.19. The number of carbonyl (C=O) groups excluding carboxylic acids is 2. The van der Waals surface area contributed by atoms with E-state index >= 15 is 0 Å². The molecule has 0 spiro atoms. The van der Waals surface area contributed by atoms with Crippen LogP contribution in [0.15, 0.2) is 48.5 Å². The van der Waals surface area contributed by atoms with Gasteiger partial charge in [0.25, 0.3) is 0 Å². The fourth-order valence-electron chi connectivity index (χ4n) is 2.07. The first-order chi connectivity index (χ1) is 11.4. The molecule has 0 saturated carbocycles. The summed E-state index contributed by atoms with van der Waals surface area (Å²) >= 11 is 0. The fourth-order valence-corrected chi connectivity index (χ4v) is 2.07. The molecule has 0 heterocycles. The second-order valence-electron chi connectivity index (χ2n) is 6.10. The maximum absolute atomic E-state index is 12.2. The van der Waals surface area contributed by atoms with Crippen LogP contribution in [0.25, 0.3) is 0 Å². The number of halogens is 1. The Hall–Kier alpha value is -2.37. The van der Waals surface area contributed by atoms with Gasteiger partial charge in [0, 0.05) is 17.3 Å². The summed E-state index contributed by atoms with van der Waals surface area (Å²) in [6.45, 7) is 5.64. The zero-order valence-corrected chi connectivity index (χ0v) is 15.4. The molecule has 2 aromatic carbocycles. The van der Waals surface area contributed by atoms with Crippen molar-refractivity contribution < 1.29 is 9.59 Å². The Bertz CT molecular complexity index is 712. The first-order valence-corrected chi connectivity index (χ1v) is 7.91. The van der Waals surface area contributed by atoms with Crippen LogP contribution in [0.1, 0.15) is 31.0 Å². The average molecular weight is 362 g/mol. The van der Waals surface area contributed by atoms with Gasteiger partial charge in [-0.15, -0.1) is 12.4 Å². The molecule has 0 saturated heterocycles. The van der Waals surface area contributed by atoms with Crippen molar-refractivity contribution in [3.05, 3.63) is 59.7 Å². The van der Waals surface area contributed by atoms with Crippen LogP contribution in [0.5, 0.6) is 0 Å². The minimum absolute atomic E-state index is 0. The van der Waals surface area contributed by atoms with E-state index in [1.54, 1.807) is 24.3 Å². The third-order valence-electron chi connectivity index (χ3n) is 3.66. The minimum atomic E-state index is -0.731. The number of benzene rings is 2. The van der Waals surface area contributed by atoms with Crippen molar-refractivity contribution in [2.45, 2.75) is 26.8 Å². The summed E-state index contributed by atoms with van der Waals surface area (Å²) in [6, 6.07) is 13.8. The smallest absolute Gasteiger partial charge is 0.245 e. The van der Waals surface area contributed by atoms with Crippen molar-refractivity contribution in [3.8, 4) is 0 Å². The Morgan fingerprint density at radius 1 is 0.840 bits per heavy atom. The number of amides is 2. The van der Waals surface area contributed by atoms with E-state index in [4.69, 9.17) is 5.73 Å². The number of aryl methyl sites for hydroxylation is 1. The zero-order chi connectivity index (χ0) is 17.7. The van der Waals surface area contributed by atoms with Crippen LogP contribution >= 0.6 is 12.4 Å². The number of rotatable bonds is 5. The Kier molecular flexibility index (Phi) is 7.61. The first kappa shape index (κ1) is 20.7. The van der Waals surface area contributed by atoms with Crippen LogP contribution in [0.4, 0.5) is 11.4 Å². The highest BCUT2D eigenvalue weighted by Gasteiger charge is 2.15. The highest BCUT2D eigenvalue weighted by atomic mass is 35.5. The standard InChI is InChI=1S/C19H23N3O2.ClH/c1-12(2)18(23)21-15-8-10-16(11-9-15)22-19(24)17(20)14-6-4-13(3)5-7-14;/h4-12,17H,20H2,1-3H3,(H,21,23)(H,22,24);1H. The predicted octanol–water partition coefficient (Wildman–Crippen LogP) is 3.65. The Morgan fingerprint density at radius 3 is 1.72 bits per heavy atom. The van der Waals surface area contributed by atoms with Crippen LogP contribution < -0.4 is 16.4 Å². The van der Waals surface area contributed by atoms with Crippen molar-refractivity contribution in [2.75, 3.05) is 10.6 Å². The number of nitrogens with one attached hydrogen (secondary N) is 2. The quantitative estimate of drug-likeness (QED) is 0.760. The third-order valence-corrected chi connectivity index (χ3v) is 3.66. The highest BCUT2D eigenvalue weighted by molar-refractivity contribution is 5.96. The lowest BCUT2D eigenvalue weighted by Gasteiger charge is -2.13. The summed E-state index contributed by atoms with van der Waals surface area (Å²) in [7, 11) is 0. The van der Waals surface area contributed by atoms with Crippen molar-refractivity contribution in [1.29, 1.82) is 0 Å². The summed E-state index contributed by atoms with van der Waals surface area (Å²) in [4.78, 5) is 23.9. The van der Waals surface area contributed by atoms with E-state index in [9.17, 15) is 9.59 Å². The molecule has 6 heteroatoms. The van der Waals surface area contributed by atoms with E-state index in [2.05, 4.69) is 10.6 Å². The van der Waals surface area contributed by atoms with Gasteiger partial charge in [0.1, 0.15) is 6.04 Å². The van der Waals surface area contributed by atoms with E-state index in [1.165, 1.54) is 0 Å². The lowest BCUT2D eigenvalue weighted by atomic mass is 10.1. The van der Waals surface area contributed by atoms with Gasteiger partial charge in [0.05, 0.1) is 0 Å². The van der Waals surface area contributed by atoms with E-state index in [0.29, 0.717) is 11.4 Å². The lowest BCUT2D eigenvalue weighted by molar-refractivity contribution is -0.119. The maximum Gasteiger partial charge on any atom is 0.245 e. The van der Waals surface area contributed by atoms with E-state index in [1.807, 2.05) is 45.0 Å². The number of carbonyl (C=O) groups is 2. The van der Waals surface area contributed by atoms with Gasteiger partial charge in [-0.1, -0.05) is 43.7 Å². The molecule has 0 aromatic heterocycles. The molecule has 0 fully saturated rings. The Labute approximate surface area is 154 Å². The normalized spacial score (nSPS) is 11.4. The highest BCUT2D eigenvalue weighted by Crippen LogP contribution is 2.17. The molecule has 1 atom stereocenters. The molecule has 0 aliphatic heterocycles. The largest absolute Gasteiger partial charge is 0.326 e. The van der Waals surface area contributed by atoms with Crippen LogP contribution in [-0.2, 0) is 9.59 Å². The second kappa shape index (κ2) is 9.20. The molecule has 5 nitrogen and oxygen atoms in total. The average Bonchev–Trinajstić information content (AvgIpc) is 2.56. The van der Waals surface area contributed by atoms with Crippen LogP contribution in [-0.4, -0.2) is 11.8 Å². The van der Waals surface area contributed by atoms with E-state index in [-0.39, 0.29) is 30.1 Å². The molecule has 0 radical (unpaired) electrons. The Balaban J connectivity index is 0.00000312. The maximum atomic E-state index is 12.2. The monoisotopic (exact) mass is 361 g/mol. The molecule has 2 amide bonds. The third kappa shape index (κ3) is 5.89. The van der Waals surface area contributed by atoms with E-state index in [0.717, 1.165) is 11.1 Å². The van der Waals surface area contributed by atoms with Gasteiger partial charge in [0.2, 0.25) is 11.8 Å². The van der Waals surface area contributed by atoms with Crippen LogP contribution in [0, 0.1) is 12.8 Å². The minimum Gasteiger partial charge on any atom is -0.326 e. The molecule has 0 aliphatic carbocycles. The summed E-state index contributed by atoms with van der Waals surface area (Å²) in [5.74, 6) is -0.414. The predicted molar refractivity (Wildman–Crippen MR) is 104 cm³/mol. The zero-order valence-electron chi connectivity index (χ0n) is 14.6. The molecule has 0 bridgehead atoms. The summed E-state index contributed by atoms with van der Waals surface area (Å²) < 4.78 is 0. The molecule has 2 aromatic rings.